The summed E-state index contributed by atoms with van der Waals surface area (Å²) in [7, 11) is 0. The average Bonchev–Trinajstić information content (AvgIpc) is 2.19. The first-order valence-corrected chi connectivity index (χ1v) is 4.40. The van der Waals surface area contributed by atoms with Gasteiger partial charge in [0, 0.05) is 12.3 Å². The van der Waals surface area contributed by atoms with Gasteiger partial charge in [0.15, 0.2) is 6.10 Å². The lowest BCUT2D eigenvalue weighted by molar-refractivity contribution is -0.207. The minimum absolute atomic E-state index is 0.334. The Kier molecular flexibility index (Phi) is 3.56. The van der Waals surface area contributed by atoms with Crippen molar-refractivity contribution in [3.63, 3.8) is 0 Å². The molecule has 0 aliphatic heterocycles. The fourth-order valence-corrected chi connectivity index (χ4v) is 1.09. The Labute approximate surface area is 92.7 Å². The maximum absolute atomic E-state index is 12.0. The number of rotatable bonds is 3. The summed E-state index contributed by atoms with van der Waals surface area (Å²) in [6.45, 7) is -1.04. The standard InChI is InChI=1S/C9H8F3NO4/c10-9(11,12)6(14)4-13-3-5(8(16)17)1-2-7(13)15/h1-3,6,14H,4H2,(H,16,17)/t6-/m1/s1. The number of aromatic nitrogens is 1. The number of carboxylic acids is 1. The first-order chi connectivity index (χ1) is 7.71. The van der Waals surface area contributed by atoms with E-state index in [0.717, 1.165) is 18.3 Å². The zero-order valence-corrected chi connectivity index (χ0v) is 8.31. The predicted octanol–water partition coefficient (Wildman–Crippen LogP) is 0.470. The van der Waals surface area contributed by atoms with E-state index in [4.69, 9.17) is 10.2 Å². The highest BCUT2D eigenvalue weighted by atomic mass is 19.4. The normalized spacial score (nSPS) is 13.4. The number of aromatic carboxylic acids is 1. The molecular formula is C9H8F3NO4. The number of nitrogens with zero attached hydrogens (tertiary/aromatic N) is 1. The molecule has 0 fully saturated rings. The number of hydrogen-bond acceptors (Lipinski definition) is 3. The van der Waals surface area contributed by atoms with Gasteiger partial charge in [0.1, 0.15) is 0 Å². The molecule has 0 bridgehead atoms. The van der Waals surface area contributed by atoms with Crippen LogP contribution >= 0.6 is 0 Å². The van der Waals surface area contributed by atoms with Gasteiger partial charge in [0.05, 0.1) is 12.1 Å². The molecule has 0 spiro atoms. The van der Waals surface area contributed by atoms with Crippen LogP contribution in [0, 0.1) is 0 Å². The molecule has 0 saturated heterocycles. The summed E-state index contributed by atoms with van der Waals surface area (Å²) in [5.41, 5.74) is -1.16. The second-order valence-corrected chi connectivity index (χ2v) is 3.27. The molecule has 1 rings (SSSR count). The van der Waals surface area contributed by atoms with Gasteiger partial charge < -0.3 is 14.8 Å². The number of aliphatic hydroxyl groups is 1. The lowest BCUT2D eigenvalue weighted by Gasteiger charge is -2.15. The van der Waals surface area contributed by atoms with Crippen LogP contribution in [0.1, 0.15) is 10.4 Å². The lowest BCUT2D eigenvalue weighted by atomic mass is 10.2. The molecule has 0 unspecified atom stereocenters. The van der Waals surface area contributed by atoms with E-state index in [-0.39, 0.29) is 5.56 Å². The molecular weight excluding hydrogens is 243 g/mol. The van der Waals surface area contributed by atoms with Crippen LogP contribution in [-0.4, -0.2) is 33.0 Å². The summed E-state index contributed by atoms with van der Waals surface area (Å²) < 4.78 is 36.6. The molecule has 17 heavy (non-hydrogen) atoms. The Morgan fingerprint density at radius 2 is 2.00 bits per heavy atom. The van der Waals surface area contributed by atoms with Crippen LogP contribution in [0.5, 0.6) is 0 Å². The van der Waals surface area contributed by atoms with Crippen molar-refractivity contribution in [3.8, 4) is 0 Å². The van der Waals surface area contributed by atoms with Crippen molar-refractivity contribution in [1.29, 1.82) is 0 Å². The number of halogens is 3. The molecule has 94 valence electrons. The molecule has 0 aliphatic rings. The van der Waals surface area contributed by atoms with Crippen molar-refractivity contribution in [3.05, 3.63) is 34.2 Å². The third-order valence-corrected chi connectivity index (χ3v) is 1.98. The topological polar surface area (TPSA) is 79.5 Å². The fraction of sp³-hybridized carbons (Fsp3) is 0.333. The molecule has 2 N–H and O–H groups in total. The van der Waals surface area contributed by atoms with E-state index in [9.17, 15) is 22.8 Å². The van der Waals surface area contributed by atoms with Crippen molar-refractivity contribution < 1.29 is 28.2 Å². The minimum Gasteiger partial charge on any atom is -0.478 e. The van der Waals surface area contributed by atoms with E-state index in [1.807, 2.05) is 0 Å². The second-order valence-electron chi connectivity index (χ2n) is 3.27. The highest BCUT2D eigenvalue weighted by Gasteiger charge is 2.38. The first-order valence-electron chi connectivity index (χ1n) is 4.40. The smallest absolute Gasteiger partial charge is 0.416 e. The van der Waals surface area contributed by atoms with E-state index < -0.39 is 30.4 Å². The minimum atomic E-state index is -4.86. The van der Waals surface area contributed by atoms with Crippen molar-refractivity contribution in [2.24, 2.45) is 0 Å². The molecule has 0 saturated carbocycles. The van der Waals surface area contributed by atoms with Gasteiger partial charge in [0.25, 0.3) is 5.56 Å². The van der Waals surface area contributed by atoms with Crippen LogP contribution in [0.2, 0.25) is 0 Å². The number of pyridine rings is 1. The third-order valence-electron chi connectivity index (χ3n) is 1.98. The van der Waals surface area contributed by atoms with Gasteiger partial charge in [-0.15, -0.1) is 0 Å². The van der Waals surface area contributed by atoms with Crippen LogP contribution in [0.4, 0.5) is 13.2 Å². The SMILES string of the molecule is O=C(O)c1ccc(=O)n(C[C@@H](O)C(F)(F)F)c1. The first kappa shape index (κ1) is 13.2. The van der Waals surface area contributed by atoms with Crippen LogP contribution in [0.25, 0.3) is 0 Å². The second kappa shape index (κ2) is 4.58. The zero-order chi connectivity index (χ0) is 13.2. The van der Waals surface area contributed by atoms with Gasteiger partial charge in [-0.2, -0.15) is 13.2 Å². The van der Waals surface area contributed by atoms with Gasteiger partial charge in [-0.3, -0.25) is 4.79 Å². The molecule has 5 nitrogen and oxygen atoms in total. The van der Waals surface area contributed by atoms with Gasteiger partial charge in [-0.1, -0.05) is 0 Å². The highest BCUT2D eigenvalue weighted by Crippen LogP contribution is 2.20. The molecule has 1 aromatic rings. The lowest BCUT2D eigenvalue weighted by Crippen LogP contribution is -2.36. The number of aliphatic hydroxyl groups excluding tert-OH is 1. The zero-order valence-electron chi connectivity index (χ0n) is 8.31. The van der Waals surface area contributed by atoms with E-state index >= 15 is 0 Å². The summed E-state index contributed by atoms with van der Waals surface area (Å²) in [5.74, 6) is -1.37. The fourth-order valence-electron chi connectivity index (χ4n) is 1.09. The van der Waals surface area contributed by atoms with Gasteiger partial charge in [-0.05, 0) is 6.07 Å². The molecule has 0 aliphatic carbocycles. The van der Waals surface area contributed by atoms with Gasteiger partial charge in [0.2, 0.25) is 0 Å². The Morgan fingerprint density at radius 3 is 2.47 bits per heavy atom. The summed E-state index contributed by atoms with van der Waals surface area (Å²) in [4.78, 5) is 21.7. The predicted molar refractivity (Wildman–Crippen MR) is 49.7 cm³/mol. The number of alkyl halides is 3. The van der Waals surface area contributed by atoms with Crippen molar-refractivity contribution in [1.82, 2.24) is 4.57 Å². The third kappa shape index (κ3) is 3.31. The molecule has 1 aromatic heterocycles. The van der Waals surface area contributed by atoms with Crippen LogP contribution in [-0.2, 0) is 6.54 Å². The largest absolute Gasteiger partial charge is 0.478 e. The Morgan fingerprint density at radius 1 is 1.41 bits per heavy atom. The monoisotopic (exact) mass is 251 g/mol. The summed E-state index contributed by atoms with van der Waals surface area (Å²) in [6.07, 6.45) is -6.83. The Balaban J connectivity index is 3.02. The van der Waals surface area contributed by atoms with Crippen molar-refractivity contribution in [2.45, 2.75) is 18.8 Å². The molecule has 1 heterocycles. The molecule has 0 aromatic carbocycles. The van der Waals surface area contributed by atoms with Gasteiger partial charge in [-0.25, -0.2) is 4.79 Å². The molecule has 0 amide bonds. The summed E-state index contributed by atoms with van der Waals surface area (Å²) >= 11 is 0. The average molecular weight is 251 g/mol. The number of hydrogen-bond donors (Lipinski definition) is 2. The highest BCUT2D eigenvalue weighted by molar-refractivity contribution is 5.87. The quantitative estimate of drug-likeness (QED) is 0.818. The number of carboxylic acid groups (broad SMARTS) is 1. The van der Waals surface area contributed by atoms with Crippen molar-refractivity contribution >= 4 is 5.97 Å². The van der Waals surface area contributed by atoms with E-state index in [1.54, 1.807) is 0 Å². The molecule has 1 atom stereocenters. The Hall–Kier alpha value is -1.83. The van der Waals surface area contributed by atoms with Crippen molar-refractivity contribution in [2.75, 3.05) is 0 Å². The van der Waals surface area contributed by atoms with Crippen LogP contribution in [0.3, 0.4) is 0 Å². The molecule has 8 heteroatoms. The van der Waals surface area contributed by atoms with E-state index in [0.29, 0.717) is 4.57 Å². The maximum Gasteiger partial charge on any atom is 0.416 e. The number of carbonyl (C=O) groups is 1. The maximum atomic E-state index is 12.0. The summed E-state index contributed by atoms with van der Waals surface area (Å²) in [5, 5.41) is 17.4. The van der Waals surface area contributed by atoms with Gasteiger partial charge >= 0.3 is 12.1 Å². The summed E-state index contributed by atoms with van der Waals surface area (Å²) in [6, 6.07) is 1.80. The van der Waals surface area contributed by atoms with Crippen LogP contribution < -0.4 is 5.56 Å². The molecule has 0 radical (unpaired) electrons. The van der Waals surface area contributed by atoms with Crippen LogP contribution in [0.15, 0.2) is 23.1 Å². The Bertz CT molecular complexity index is 480. The van der Waals surface area contributed by atoms with E-state index in [1.165, 1.54) is 0 Å². The van der Waals surface area contributed by atoms with E-state index in [2.05, 4.69) is 0 Å².